The highest BCUT2D eigenvalue weighted by Crippen LogP contribution is 2.31. The zero-order valence-corrected chi connectivity index (χ0v) is 27.7. The lowest BCUT2D eigenvalue weighted by molar-refractivity contribution is -0.113. The van der Waals surface area contributed by atoms with Crippen molar-refractivity contribution in [3.63, 3.8) is 0 Å². The van der Waals surface area contributed by atoms with Crippen LogP contribution in [0.2, 0.25) is 0 Å². The molecule has 1 unspecified atom stereocenters. The fraction of sp³-hybridized carbons (Fsp3) is 0.205. The van der Waals surface area contributed by atoms with Gasteiger partial charge in [0, 0.05) is 5.69 Å². The number of hydrogen-bond donors (Lipinski definition) is 1. The van der Waals surface area contributed by atoms with Crippen molar-refractivity contribution >= 4 is 29.0 Å². The van der Waals surface area contributed by atoms with Gasteiger partial charge in [0.15, 0.2) is 4.80 Å². The lowest BCUT2D eigenvalue weighted by atomic mass is 9.87. The Labute approximate surface area is 278 Å². The maximum atomic E-state index is 13.9. The summed E-state index contributed by atoms with van der Waals surface area (Å²) in [5, 5.41) is 2.98. The lowest BCUT2D eigenvalue weighted by Gasteiger charge is -2.25. The number of allylic oxidation sites excluding steroid dienone is 1. The van der Waals surface area contributed by atoms with Crippen LogP contribution in [-0.2, 0) is 10.2 Å². The number of nitrogens with zero attached hydrogens (tertiary/aromatic N) is 2. The van der Waals surface area contributed by atoms with Gasteiger partial charge in [-0.2, -0.15) is 0 Å². The van der Waals surface area contributed by atoms with Crippen molar-refractivity contribution in [2.24, 2.45) is 4.99 Å². The molecule has 0 radical (unpaired) electrons. The number of para-hydroxylation sites is 1. The van der Waals surface area contributed by atoms with Crippen LogP contribution in [0.5, 0.6) is 11.5 Å². The molecule has 0 fully saturated rings. The zero-order valence-electron chi connectivity index (χ0n) is 26.9. The number of benzene rings is 4. The summed E-state index contributed by atoms with van der Waals surface area (Å²) in [7, 11) is 0. The second-order valence-corrected chi connectivity index (χ2v) is 13.4. The van der Waals surface area contributed by atoms with Crippen molar-refractivity contribution in [3.8, 4) is 11.5 Å². The van der Waals surface area contributed by atoms with E-state index in [4.69, 9.17) is 14.5 Å². The number of carbonyl (C=O) groups excluding carboxylic acids is 1. The number of anilines is 1. The summed E-state index contributed by atoms with van der Waals surface area (Å²) in [5.74, 6) is 1.23. The number of thiazole rings is 1. The van der Waals surface area contributed by atoms with Crippen LogP contribution >= 0.6 is 11.3 Å². The molecule has 0 aliphatic carbocycles. The molecule has 0 spiro atoms. The summed E-state index contributed by atoms with van der Waals surface area (Å²) in [5.41, 5.74) is 4.53. The SMILES string of the molecule is CC1=C(C(=O)Nc2ccccc2)C(c2ccccc2)n2c(s/c(=C\c3ccc(OCCOc4ccc(C(C)(C)C)cc4)cc3)c2=O)=N1. The first-order chi connectivity index (χ1) is 22.7. The molecule has 1 aliphatic rings. The lowest BCUT2D eigenvalue weighted by Crippen LogP contribution is -2.40. The first-order valence-electron chi connectivity index (χ1n) is 15.6. The van der Waals surface area contributed by atoms with Crippen molar-refractivity contribution in [3.05, 3.63) is 157 Å². The Morgan fingerprint density at radius 2 is 1.43 bits per heavy atom. The van der Waals surface area contributed by atoms with Gasteiger partial charge < -0.3 is 14.8 Å². The van der Waals surface area contributed by atoms with Gasteiger partial charge in [0.2, 0.25) is 0 Å². The molecule has 1 aromatic heterocycles. The van der Waals surface area contributed by atoms with Gasteiger partial charge in [-0.3, -0.25) is 14.2 Å². The van der Waals surface area contributed by atoms with E-state index in [2.05, 4.69) is 38.2 Å². The molecule has 0 bridgehead atoms. The molecule has 2 heterocycles. The fourth-order valence-electron chi connectivity index (χ4n) is 5.46. The van der Waals surface area contributed by atoms with Crippen molar-refractivity contribution in [2.75, 3.05) is 18.5 Å². The van der Waals surface area contributed by atoms with Crippen molar-refractivity contribution < 1.29 is 14.3 Å². The topological polar surface area (TPSA) is 81.9 Å². The van der Waals surface area contributed by atoms with Gasteiger partial charge >= 0.3 is 0 Å². The van der Waals surface area contributed by atoms with E-state index in [0.717, 1.165) is 16.9 Å². The summed E-state index contributed by atoms with van der Waals surface area (Å²) in [6.45, 7) is 9.20. The number of aromatic nitrogens is 1. The molecule has 5 aromatic rings. The second kappa shape index (κ2) is 13.6. The minimum Gasteiger partial charge on any atom is -0.490 e. The molecule has 1 atom stereocenters. The standard InChI is InChI=1S/C39H37N3O4S/c1-26-34(36(43)41-30-13-9-6-10-14-30)35(28-11-7-5-8-12-28)42-37(44)33(47-38(42)40-26)25-27-15-19-31(20-16-27)45-23-24-46-32-21-17-29(18-22-32)39(2,3)4/h5-22,25,35H,23-24H2,1-4H3,(H,41,43)/b33-25-. The first kappa shape index (κ1) is 31.8. The summed E-state index contributed by atoms with van der Waals surface area (Å²) in [4.78, 5) is 32.9. The Morgan fingerprint density at radius 1 is 0.851 bits per heavy atom. The summed E-state index contributed by atoms with van der Waals surface area (Å²) in [6.07, 6.45) is 1.85. The molecule has 1 N–H and O–H groups in total. The van der Waals surface area contributed by atoms with Gasteiger partial charge in [0.05, 0.1) is 21.8 Å². The number of rotatable bonds is 9. The van der Waals surface area contributed by atoms with E-state index in [1.54, 1.807) is 4.57 Å². The normalized spacial score (nSPS) is 14.7. The molecular weight excluding hydrogens is 607 g/mol. The Balaban J connectivity index is 1.19. The third-order valence-corrected chi connectivity index (χ3v) is 8.92. The molecule has 6 rings (SSSR count). The molecule has 47 heavy (non-hydrogen) atoms. The van der Waals surface area contributed by atoms with E-state index in [1.165, 1.54) is 16.9 Å². The number of carbonyl (C=O) groups is 1. The Hall–Kier alpha value is -5.21. The van der Waals surface area contributed by atoms with E-state index >= 15 is 0 Å². The van der Waals surface area contributed by atoms with Crippen molar-refractivity contribution in [2.45, 2.75) is 39.2 Å². The van der Waals surface area contributed by atoms with Crippen LogP contribution in [0.25, 0.3) is 6.08 Å². The van der Waals surface area contributed by atoms with Crippen molar-refractivity contribution in [1.29, 1.82) is 0 Å². The predicted octanol–water partition coefficient (Wildman–Crippen LogP) is 6.63. The maximum Gasteiger partial charge on any atom is 0.271 e. The Bertz CT molecular complexity index is 2070. The van der Waals surface area contributed by atoms with Crippen LogP contribution < -0.4 is 29.7 Å². The molecule has 1 amide bonds. The van der Waals surface area contributed by atoms with E-state index in [1.807, 2.05) is 110 Å². The van der Waals surface area contributed by atoms with Crippen LogP contribution in [0.4, 0.5) is 5.69 Å². The van der Waals surface area contributed by atoms with Gasteiger partial charge in [0.25, 0.3) is 11.5 Å². The second-order valence-electron chi connectivity index (χ2n) is 12.4. The molecule has 1 aliphatic heterocycles. The zero-order chi connectivity index (χ0) is 33.0. The van der Waals surface area contributed by atoms with Gasteiger partial charge in [-0.05, 0) is 71.5 Å². The quantitative estimate of drug-likeness (QED) is 0.183. The average molecular weight is 644 g/mol. The molecule has 4 aromatic carbocycles. The smallest absolute Gasteiger partial charge is 0.271 e. The minimum atomic E-state index is -0.618. The van der Waals surface area contributed by atoms with Crippen LogP contribution in [0, 0.1) is 0 Å². The highest BCUT2D eigenvalue weighted by molar-refractivity contribution is 7.07. The summed E-state index contributed by atoms with van der Waals surface area (Å²) < 4.78 is 13.9. The van der Waals surface area contributed by atoms with Crippen LogP contribution in [0.15, 0.2) is 130 Å². The van der Waals surface area contributed by atoms with E-state index < -0.39 is 6.04 Å². The highest BCUT2D eigenvalue weighted by Gasteiger charge is 2.32. The van der Waals surface area contributed by atoms with E-state index in [0.29, 0.717) is 45.3 Å². The third kappa shape index (κ3) is 7.28. The number of nitrogens with one attached hydrogen (secondary N) is 1. The van der Waals surface area contributed by atoms with Crippen molar-refractivity contribution in [1.82, 2.24) is 4.57 Å². The molecule has 238 valence electrons. The Morgan fingerprint density at radius 3 is 2.02 bits per heavy atom. The van der Waals surface area contributed by atoms with Crippen LogP contribution in [0.1, 0.15) is 50.4 Å². The fourth-order valence-corrected chi connectivity index (χ4v) is 6.51. The van der Waals surface area contributed by atoms with Gasteiger partial charge in [-0.15, -0.1) is 0 Å². The molecule has 8 heteroatoms. The van der Waals surface area contributed by atoms with Gasteiger partial charge in [-0.25, -0.2) is 4.99 Å². The summed E-state index contributed by atoms with van der Waals surface area (Å²) in [6, 6.07) is 34.0. The maximum absolute atomic E-state index is 13.9. The minimum absolute atomic E-state index is 0.0999. The molecular formula is C39H37N3O4S. The first-order valence-corrected chi connectivity index (χ1v) is 16.4. The number of hydrogen-bond acceptors (Lipinski definition) is 6. The average Bonchev–Trinajstić information content (AvgIpc) is 3.37. The van der Waals surface area contributed by atoms with Crippen LogP contribution in [0.3, 0.4) is 0 Å². The molecule has 0 saturated carbocycles. The highest BCUT2D eigenvalue weighted by atomic mass is 32.1. The van der Waals surface area contributed by atoms with Gasteiger partial charge in [0.1, 0.15) is 24.7 Å². The Kier molecular flexibility index (Phi) is 9.22. The van der Waals surface area contributed by atoms with Crippen LogP contribution in [-0.4, -0.2) is 23.7 Å². The largest absolute Gasteiger partial charge is 0.490 e. The molecule has 0 saturated heterocycles. The molecule has 7 nitrogen and oxygen atoms in total. The number of ether oxygens (including phenoxy) is 2. The number of amides is 1. The van der Waals surface area contributed by atoms with E-state index in [9.17, 15) is 9.59 Å². The van der Waals surface area contributed by atoms with Gasteiger partial charge in [-0.1, -0.05) is 105 Å². The third-order valence-electron chi connectivity index (χ3n) is 7.93. The monoisotopic (exact) mass is 643 g/mol. The van der Waals surface area contributed by atoms with E-state index in [-0.39, 0.29) is 16.9 Å². The summed E-state index contributed by atoms with van der Waals surface area (Å²) >= 11 is 1.31. The number of fused-ring (bicyclic) bond motifs is 1. The predicted molar refractivity (Wildman–Crippen MR) is 188 cm³/mol.